The average molecular weight is 326 g/mol. The van der Waals surface area contributed by atoms with Crippen molar-refractivity contribution in [3.63, 3.8) is 0 Å². The number of aromatic nitrogens is 2. The first-order valence-electron chi connectivity index (χ1n) is 8.15. The number of ether oxygens (including phenoxy) is 1. The molecule has 0 spiro atoms. The van der Waals surface area contributed by atoms with E-state index in [0.717, 1.165) is 30.6 Å². The fraction of sp³-hybridized carbons (Fsp3) is 0.389. The third-order valence-corrected chi connectivity index (χ3v) is 4.24. The van der Waals surface area contributed by atoms with Gasteiger partial charge >= 0.3 is 0 Å². The summed E-state index contributed by atoms with van der Waals surface area (Å²) in [6, 6.07) is 7.55. The minimum absolute atomic E-state index is 0.0135. The number of hydrogen-bond acceptors (Lipinski definition) is 5. The van der Waals surface area contributed by atoms with Gasteiger partial charge in [0.25, 0.3) is 0 Å². The second kappa shape index (κ2) is 7.29. The van der Waals surface area contributed by atoms with Crippen molar-refractivity contribution in [2.45, 2.75) is 19.8 Å². The molecule has 6 heteroatoms. The van der Waals surface area contributed by atoms with E-state index in [9.17, 15) is 4.79 Å². The van der Waals surface area contributed by atoms with Gasteiger partial charge in [0.15, 0.2) is 0 Å². The molecule has 0 saturated carbocycles. The maximum atomic E-state index is 12.7. The summed E-state index contributed by atoms with van der Waals surface area (Å²) in [5.41, 5.74) is 1.80. The monoisotopic (exact) mass is 326 g/mol. The van der Waals surface area contributed by atoms with Gasteiger partial charge in [-0.3, -0.25) is 4.79 Å². The van der Waals surface area contributed by atoms with Gasteiger partial charge in [0.1, 0.15) is 5.75 Å². The van der Waals surface area contributed by atoms with Crippen LogP contribution in [0.4, 0.5) is 11.6 Å². The summed E-state index contributed by atoms with van der Waals surface area (Å²) < 4.78 is 5.33. The van der Waals surface area contributed by atoms with Gasteiger partial charge in [0.2, 0.25) is 11.9 Å². The summed E-state index contributed by atoms with van der Waals surface area (Å²) in [4.78, 5) is 23.3. The number of benzene rings is 1. The smallest absolute Gasteiger partial charge is 0.229 e. The number of piperidine rings is 1. The van der Waals surface area contributed by atoms with Crippen LogP contribution in [0.3, 0.4) is 0 Å². The highest BCUT2D eigenvalue weighted by atomic mass is 16.5. The van der Waals surface area contributed by atoms with Crippen LogP contribution in [0.1, 0.15) is 18.4 Å². The fourth-order valence-electron chi connectivity index (χ4n) is 2.98. The molecule has 1 fully saturated rings. The van der Waals surface area contributed by atoms with Crippen molar-refractivity contribution in [2.75, 3.05) is 30.4 Å². The van der Waals surface area contributed by atoms with E-state index in [1.807, 2.05) is 25.1 Å². The van der Waals surface area contributed by atoms with E-state index in [4.69, 9.17) is 4.74 Å². The number of carbonyl (C=O) groups excluding carboxylic acids is 1. The zero-order chi connectivity index (χ0) is 16.9. The topological polar surface area (TPSA) is 67.3 Å². The molecule has 3 rings (SSSR count). The standard InChI is InChI=1S/C18H22N4O2/c1-13-6-7-16(24-2)15(11-13)21-17(23)14-5-3-10-22(12-14)18-19-8-4-9-20-18/h4,6-9,11,14H,3,5,10,12H2,1-2H3,(H,21,23). The molecule has 0 radical (unpaired) electrons. The first kappa shape index (κ1) is 16.2. The molecular formula is C18H22N4O2. The molecule has 6 nitrogen and oxygen atoms in total. The Balaban J connectivity index is 1.70. The molecule has 1 atom stereocenters. The van der Waals surface area contributed by atoms with E-state index in [2.05, 4.69) is 20.2 Å². The van der Waals surface area contributed by atoms with Crippen molar-refractivity contribution in [3.8, 4) is 5.75 Å². The lowest BCUT2D eigenvalue weighted by Crippen LogP contribution is -2.41. The van der Waals surface area contributed by atoms with Crippen molar-refractivity contribution in [1.29, 1.82) is 0 Å². The van der Waals surface area contributed by atoms with Crippen LogP contribution >= 0.6 is 0 Å². The molecule has 1 unspecified atom stereocenters. The Morgan fingerprint density at radius 1 is 1.33 bits per heavy atom. The zero-order valence-electron chi connectivity index (χ0n) is 14.0. The Morgan fingerprint density at radius 3 is 2.88 bits per heavy atom. The Morgan fingerprint density at radius 2 is 2.12 bits per heavy atom. The summed E-state index contributed by atoms with van der Waals surface area (Å²) >= 11 is 0. The number of amides is 1. The highest BCUT2D eigenvalue weighted by Gasteiger charge is 2.27. The van der Waals surface area contributed by atoms with Crippen molar-refractivity contribution in [3.05, 3.63) is 42.2 Å². The van der Waals surface area contributed by atoms with Crippen LogP contribution in [-0.2, 0) is 4.79 Å². The van der Waals surface area contributed by atoms with Crippen LogP contribution in [0, 0.1) is 12.8 Å². The van der Waals surface area contributed by atoms with Crippen LogP contribution in [0.5, 0.6) is 5.75 Å². The van der Waals surface area contributed by atoms with Gasteiger partial charge in [0, 0.05) is 25.5 Å². The third-order valence-electron chi connectivity index (χ3n) is 4.24. The van der Waals surface area contributed by atoms with Gasteiger partial charge in [-0.2, -0.15) is 0 Å². The Kier molecular flexibility index (Phi) is 4.93. The number of nitrogens with zero attached hydrogens (tertiary/aromatic N) is 3. The van der Waals surface area contributed by atoms with E-state index in [0.29, 0.717) is 18.2 Å². The minimum atomic E-state index is -0.0900. The summed E-state index contributed by atoms with van der Waals surface area (Å²) in [5.74, 6) is 1.28. The van der Waals surface area contributed by atoms with Gasteiger partial charge in [0.05, 0.1) is 18.7 Å². The SMILES string of the molecule is COc1ccc(C)cc1NC(=O)C1CCCN(c2ncccn2)C1. The highest BCUT2D eigenvalue weighted by molar-refractivity contribution is 5.94. The van der Waals surface area contributed by atoms with E-state index in [-0.39, 0.29) is 11.8 Å². The fourth-order valence-corrected chi connectivity index (χ4v) is 2.98. The first-order valence-corrected chi connectivity index (χ1v) is 8.15. The number of rotatable bonds is 4. The Hall–Kier alpha value is -2.63. The van der Waals surface area contributed by atoms with E-state index < -0.39 is 0 Å². The predicted molar refractivity (Wildman–Crippen MR) is 93.3 cm³/mol. The summed E-state index contributed by atoms with van der Waals surface area (Å²) in [5, 5.41) is 3.01. The normalized spacial score (nSPS) is 17.4. The largest absolute Gasteiger partial charge is 0.495 e. The van der Waals surface area contributed by atoms with Gasteiger partial charge < -0.3 is 15.0 Å². The molecule has 2 aromatic rings. The molecule has 1 aliphatic rings. The minimum Gasteiger partial charge on any atom is -0.495 e. The van der Waals surface area contributed by atoms with Crippen molar-refractivity contribution < 1.29 is 9.53 Å². The molecule has 1 saturated heterocycles. The number of methoxy groups -OCH3 is 1. The predicted octanol–water partition coefficient (Wildman–Crippen LogP) is 2.65. The van der Waals surface area contributed by atoms with Gasteiger partial charge in [-0.15, -0.1) is 0 Å². The van der Waals surface area contributed by atoms with Crippen LogP contribution in [0.15, 0.2) is 36.7 Å². The van der Waals surface area contributed by atoms with Gasteiger partial charge in [-0.25, -0.2) is 9.97 Å². The molecule has 1 aromatic carbocycles. The van der Waals surface area contributed by atoms with Crippen molar-refractivity contribution >= 4 is 17.5 Å². The van der Waals surface area contributed by atoms with E-state index in [1.54, 1.807) is 25.6 Å². The second-order valence-electron chi connectivity index (χ2n) is 6.03. The van der Waals surface area contributed by atoms with Crippen LogP contribution in [0.2, 0.25) is 0 Å². The van der Waals surface area contributed by atoms with Crippen LogP contribution < -0.4 is 15.0 Å². The molecule has 1 amide bonds. The molecule has 0 aliphatic carbocycles. The van der Waals surface area contributed by atoms with Gasteiger partial charge in [-0.1, -0.05) is 6.07 Å². The number of hydrogen-bond donors (Lipinski definition) is 1. The van der Waals surface area contributed by atoms with Gasteiger partial charge in [-0.05, 0) is 43.5 Å². The molecule has 1 N–H and O–H groups in total. The summed E-state index contributed by atoms with van der Waals surface area (Å²) in [6.07, 6.45) is 5.26. The second-order valence-corrected chi connectivity index (χ2v) is 6.03. The number of carbonyl (C=O) groups is 1. The quantitative estimate of drug-likeness (QED) is 0.935. The number of nitrogens with one attached hydrogen (secondary N) is 1. The maximum Gasteiger partial charge on any atom is 0.229 e. The Labute approximate surface area is 141 Å². The van der Waals surface area contributed by atoms with Crippen molar-refractivity contribution in [2.24, 2.45) is 5.92 Å². The number of anilines is 2. The number of aryl methyl sites for hydroxylation is 1. The summed E-state index contributed by atoms with van der Waals surface area (Å²) in [7, 11) is 1.61. The van der Waals surface area contributed by atoms with Crippen molar-refractivity contribution in [1.82, 2.24) is 9.97 Å². The lowest BCUT2D eigenvalue weighted by Gasteiger charge is -2.32. The maximum absolute atomic E-state index is 12.7. The molecule has 2 heterocycles. The van der Waals surface area contributed by atoms with E-state index in [1.165, 1.54) is 0 Å². The zero-order valence-corrected chi connectivity index (χ0v) is 14.0. The molecule has 24 heavy (non-hydrogen) atoms. The van der Waals surface area contributed by atoms with Crippen LogP contribution in [-0.4, -0.2) is 36.1 Å². The average Bonchev–Trinajstić information content (AvgIpc) is 2.63. The third kappa shape index (κ3) is 3.64. The molecule has 1 aliphatic heterocycles. The lowest BCUT2D eigenvalue weighted by molar-refractivity contribution is -0.120. The summed E-state index contributed by atoms with van der Waals surface area (Å²) in [6.45, 7) is 3.50. The Bertz CT molecular complexity index is 705. The lowest BCUT2D eigenvalue weighted by atomic mass is 9.97. The van der Waals surface area contributed by atoms with Crippen LogP contribution in [0.25, 0.3) is 0 Å². The molecule has 0 bridgehead atoms. The highest BCUT2D eigenvalue weighted by Crippen LogP contribution is 2.27. The van der Waals surface area contributed by atoms with E-state index >= 15 is 0 Å². The molecule has 1 aromatic heterocycles. The first-order chi connectivity index (χ1) is 11.7. The molecule has 126 valence electrons. The molecular weight excluding hydrogens is 304 g/mol.